The molecule has 0 bridgehead atoms. The zero-order chi connectivity index (χ0) is 18.2. The summed E-state index contributed by atoms with van der Waals surface area (Å²) < 4.78 is 10.8. The lowest BCUT2D eigenvalue weighted by molar-refractivity contribution is -0.119. The van der Waals surface area contributed by atoms with Gasteiger partial charge in [0.15, 0.2) is 5.75 Å². The number of carbonyl (C=O) groups is 1. The van der Waals surface area contributed by atoms with E-state index in [1.165, 1.54) is 0 Å². The van der Waals surface area contributed by atoms with Crippen LogP contribution in [0.1, 0.15) is 19.4 Å². The van der Waals surface area contributed by atoms with Crippen molar-refractivity contribution in [3.05, 3.63) is 60.1 Å². The van der Waals surface area contributed by atoms with E-state index in [2.05, 4.69) is 10.3 Å². The number of nitrogens with zero attached hydrogens (tertiary/aromatic N) is 2. The molecule has 0 fully saturated rings. The summed E-state index contributed by atoms with van der Waals surface area (Å²) in [6.45, 7) is 4.57. The van der Waals surface area contributed by atoms with Gasteiger partial charge in [0.1, 0.15) is 0 Å². The first-order valence-corrected chi connectivity index (χ1v) is 8.17. The van der Waals surface area contributed by atoms with Crippen molar-refractivity contribution in [3.63, 3.8) is 0 Å². The molecule has 0 radical (unpaired) electrons. The SMILES string of the molecule is CC.CNC(=O)C1=CN(Cc2ccnc(OC)c2)c2ccccc2O1. The first-order valence-electron chi connectivity index (χ1n) is 8.17. The van der Waals surface area contributed by atoms with Crippen LogP contribution in [-0.4, -0.2) is 25.0 Å². The van der Waals surface area contributed by atoms with Gasteiger partial charge >= 0.3 is 0 Å². The van der Waals surface area contributed by atoms with E-state index < -0.39 is 0 Å². The van der Waals surface area contributed by atoms with Crippen molar-refractivity contribution >= 4 is 11.6 Å². The molecule has 1 aliphatic heterocycles. The Hall–Kier alpha value is -3.02. The van der Waals surface area contributed by atoms with Gasteiger partial charge in [-0.25, -0.2) is 4.98 Å². The predicted molar refractivity (Wildman–Crippen MR) is 97.5 cm³/mol. The quantitative estimate of drug-likeness (QED) is 0.926. The molecule has 1 aromatic carbocycles. The minimum absolute atomic E-state index is 0.257. The molecule has 132 valence electrons. The maximum Gasteiger partial charge on any atom is 0.288 e. The lowest BCUT2D eigenvalue weighted by Crippen LogP contribution is -2.30. The van der Waals surface area contributed by atoms with Gasteiger partial charge in [-0.05, 0) is 23.8 Å². The Balaban J connectivity index is 0.00000109. The standard InChI is InChI=1S/C17H17N3O3.C2H6/c1-18-17(21)15-11-20(13-5-3-4-6-14(13)23-15)10-12-7-8-19-16(9-12)22-2;1-2/h3-9,11H,10H2,1-2H3,(H,18,21);1-2H3. The van der Waals surface area contributed by atoms with E-state index in [-0.39, 0.29) is 11.7 Å². The first-order chi connectivity index (χ1) is 12.2. The maximum absolute atomic E-state index is 11.9. The molecule has 6 nitrogen and oxygen atoms in total. The summed E-state index contributed by atoms with van der Waals surface area (Å²) in [4.78, 5) is 18.0. The summed E-state index contributed by atoms with van der Waals surface area (Å²) in [5, 5.41) is 2.58. The molecular weight excluding hydrogens is 318 g/mol. The second-order valence-electron chi connectivity index (χ2n) is 4.98. The lowest BCUT2D eigenvalue weighted by atomic mass is 10.2. The highest BCUT2D eigenvalue weighted by Crippen LogP contribution is 2.35. The van der Waals surface area contributed by atoms with Gasteiger partial charge in [0, 0.05) is 25.9 Å². The van der Waals surface area contributed by atoms with Crippen molar-refractivity contribution in [1.82, 2.24) is 10.3 Å². The molecule has 0 unspecified atom stereocenters. The number of hydrogen-bond acceptors (Lipinski definition) is 5. The molecule has 1 N–H and O–H groups in total. The molecule has 0 saturated carbocycles. The Bertz CT molecular complexity index is 759. The average molecular weight is 341 g/mol. The van der Waals surface area contributed by atoms with E-state index in [1.54, 1.807) is 26.6 Å². The number of methoxy groups -OCH3 is 1. The molecule has 25 heavy (non-hydrogen) atoms. The summed E-state index contributed by atoms with van der Waals surface area (Å²) in [5.41, 5.74) is 1.91. The van der Waals surface area contributed by atoms with Crippen molar-refractivity contribution < 1.29 is 14.3 Å². The Morgan fingerprint density at radius 2 is 2.04 bits per heavy atom. The van der Waals surface area contributed by atoms with E-state index in [0.717, 1.165) is 11.3 Å². The van der Waals surface area contributed by atoms with E-state index in [0.29, 0.717) is 18.2 Å². The van der Waals surface area contributed by atoms with Crippen LogP contribution in [0.25, 0.3) is 0 Å². The van der Waals surface area contributed by atoms with Gasteiger partial charge in [0.05, 0.1) is 19.0 Å². The van der Waals surface area contributed by atoms with Crippen LogP contribution in [0.15, 0.2) is 54.6 Å². The number of likely N-dealkylation sites (N-methyl/N-ethyl adjacent to an activating group) is 1. The van der Waals surface area contributed by atoms with Gasteiger partial charge in [-0.15, -0.1) is 0 Å². The molecule has 1 aliphatic rings. The van der Waals surface area contributed by atoms with Crippen molar-refractivity contribution in [2.24, 2.45) is 0 Å². The Morgan fingerprint density at radius 3 is 2.76 bits per heavy atom. The van der Waals surface area contributed by atoms with E-state index in [9.17, 15) is 4.79 Å². The molecule has 0 atom stereocenters. The summed E-state index contributed by atoms with van der Waals surface area (Å²) >= 11 is 0. The number of benzene rings is 1. The highest BCUT2D eigenvalue weighted by Gasteiger charge is 2.22. The molecule has 2 aromatic rings. The van der Waals surface area contributed by atoms with Crippen LogP contribution in [0.3, 0.4) is 0 Å². The Kier molecular flexibility index (Phi) is 6.39. The van der Waals surface area contributed by atoms with Gasteiger partial charge in [-0.3, -0.25) is 4.79 Å². The van der Waals surface area contributed by atoms with Crippen LogP contribution in [0.2, 0.25) is 0 Å². The van der Waals surface area contributed by atoms with Crippen LogP contribution >= 0.6 is 0 Å². The number of carbonyl (C=O) groups excluding carboxylic acids is 1. The minimum atomic E-state index is -0.267. The fraction of sp³-hybridized carbons (Fsp3) is 0.263. The number of fused-ring (bicyclic) bond motifs is 1. The van der Waals surface area contributed by atoms with Crippen LogP contribution in [0, 0.1) is 0 Å². The Labute approximate surface area is 148 Å². The third kappa shape index (κ3) is 4.29. The minimum Gasteiger partial charge on any atom is -0.481 e. The van der Waals surface area contributed by atoms with Gasteiger partial charge in [0.25, 0.3) is 5.91 Å². The summed E-state index contributed by atoms with van der Waals surface area (Å²) in [6, 6.07) is 11.4. The fourth-order valence-electron chi connectivity index (χ4n) is 2.35. The van der Waals surface area contributed by atoms with Crippen molar-refractivity contribution in [1.29, 1.82) is 0 Å². The molecule has 3 rings (SSSR count). The third-order valence-corrected chi connectivity index (χ3v) is 3.48. The van der Waals surface area contributed by atoms with Gasteiger partial charge < -0.3 is 19.7 Å². The van der Waals surface area contributed by atoms with Crippen LogP contribution in [0.5, 0.6) is 11.6 Å². The second kappa shape index (κ2) is 8.73. The molecule has 6 heteroatoms. The van der Waals surface area contributed by atoms with Crippen molar-refractivity contribution in [3.8, 4) is 11.6 Å². The molecule has 0 saturated heterocycles. The molecule has 0 aliphatic carbocycles. The van der Waals surface area contributed by atoms with Crippen LogP contribution in [0.4, 0.5) is 5.69 Å². The predicted octanol–water partition coefficient (Wildman–Crippen LogP) is 3.10. The zero-order valence-corrected chi connectivity index (χ0v) is 14.9. The van der Waals surface area contributed by atoms with E-state index >= 15 is 0 Å². The van der Waals surface area contributed by atoms with Gasteiger partial charge in [-0.1, -0.05) is 26.0 Å². The Morgan fingerprint density at radius 1 is 1.28 bits per heavy atom. The number of anilines is 1. The van der Waals surface area contributed by atoms with Crippen LogP contribution in [-0.2, 0) is 11.3 Å². The monoisotopic (exact) mass is 341 g/mol. The summed E-state index contributed by atoms with van der Waals surface area (Å²) in [7, 11) is 3.16. The number of ether oxygens (including phenoxy) is 2. The first kappa shape index (κ1) is 18.3. The van der Waals surface area contributed by atoms with E-state index in [1.807, 2.05) is 55.1 Å². The van der Waals surface area contributed by atoms with E-state index in [4.69, 9.17) is 9.47 Å². The normalized spacial score (nSPS) is 12.0. The zero-order valence-electron chi connectivity index (χ0n) is 14.9. The van der Waals surface area contributed by atoms with Crippen molar-refractivity contribution in [2.75, 3.05) is 19.1 Å². The fourth-order valence-corrected chi connectivity index (χ4v) is 2.35. The third-order valence-electron chi connectivity index (χ3n) is 3.48. The molecule has 1 amide bonds. The number of hydrogen-bond donors (Lipinski definition) is 1. The largest absolute Gasteiger partial charge is 0.481 e. The topological polar surface area (TPSA) is 63.7 Å². The number of amides is 1. The number of aromatic nitrogens is 1. The van der Waals surface area contributed by atoms with Gasteiger partial charge in [-0.2, -0.15) is 0 Å². The highest BCUT2D eigenvalue weighted by atomic mass is 16.5. The van der Waals surface area contributed by atoms with Gasteiger partial charge in [0.2, 0.25) is 11.6 Å². The number of rotatable bonds is 4. The molecule has 0 spiro atoms. The number of nitrogens with one attached hydrogen (secondary N) is 1. The highest BCUT2D eigenvalue weighted by molar-refractivity contribution is 5.93. The van der Waals surface area contributed by atoms with Crippen molar-refractivity contribution in [2.45, 2.75) is 20.4 Å². The lowest BCUT2D eigenvalue weighted by Gasteiger charge is -2.28. The summed E-state index contributed by atoms with van der Waals surface area (Å²) in [5.74, 6) is 1.19. The molecule has 2 heterocycles. The average Bonchev–Trinajstić information content (AvgIpc) is 2.69. The number of para-hydroxylation sites is 2. The molecular formula is C19H23N3O3. The van der Waals surface area contributed by atoms with Crippen LogP contribution < -0.4 is 19.7 Å². The second-order valence-corrected chi connectivity index (χ2v) is 4.98. The smallest absolute Gasteiger partial charge is 0.288 e. The number of pyridine rings is 1. The maximum atomic E-state index is 11.9. The molecule has 1 aromatic heterocycles. The summed E-state index contributed by atoms with van der Waals surface area (Å²) in [6.07, 6.45) is 3.40.